The van der Waals surface area contributed by atoms with E-state index in [9.17, 15) is 13.6 Å². The fourth-order valence-electron chi connectivity index (χ4n) is 4.45. The van der Waals surface area contributed by atoms with Crippen molar-refractivity contribution >= 4 is 22.5 Å². The number of rotatable bonds is 6. The number of halogens is 2. The molecule has 1 fully saturated rings. The van der Waals surface area contributed by atoms with Crippen molar-refractivity contribution in [3.05, 3.63) is 64.4 Å². The van der Waals surface area contributed by atoms with Gasteiger partial charge in [0.1, 0.15) is 11.6 Å². The summed E-state index contributed by atoms with van der Waals surface area (Å²) in [4.78, 5) is 22.6. The van der Waals surface area contributed by atoms with Gasteiger partial charge >= 0.3 is 0 Å². The molecule has 0 saturated carbocycles. The number of nitrogens with zero attached hydrogens (tertiary/aromatic N) is 3. The number of aryl methyl sites for hydroxylation is 2. The lowest BCUT2D eigenvalue weighted by molar-refractivity contribution is 0.0615. The molecule has 1 aliphatic heterocycles. The van der Waals surface area contributed by atoms with Crippen molar-refractivity contribution in [1.29, 1.82) is 0 Å². The second-order valence-corrected chi connectivity index (χ2v) is 8.74. The highest BCUT2D eigenvalue weighted by Gasteiger charge is 2.24. The average Bonchev–Trinajstić information content (AvgIpc) is 3.09. The van der Waals surface area contributed by atoms with Crippen LogP contribution < -0.4 is 4.90 Å². The molecule has 2 N–H and O–H groups in total. The van der Waals surface area contributed by atoms with Crippen LogP contribution in [0.5, 0.6) is 0 Å². The van der Waals surface area contributed by atoms with Gasteiger partial charge in [-0.15, -0.1) is 0 Å². The Morgan fingerprint density at radius 3 is 2.52 bits per heavy atom. The molecular formula is C25H30F2N4O2. The number of β-amino-alcohol motifs (C(OH)–C–C–N with tert-alkyl or cyclic N) is 1. The highest BCUT2D eigenvalue weighted by atomic mass is 19.1. The van der Waals surface area contributed by atoms with Crippen molar-refractivity contribution in [1.82, 2.24) is 14.8 Å². The monoisotopic (exact) mass is 456 g/mol. The lowest BCUT2D eigenvalue weighted by atomic mass is 10.0. The molecule has 1 amide bonds. The normalized spacial score (nSPS) is 14.8. The molecule has 176 valence electrons. The van der Waals surface area contributed by atoms with Crippen molar-refractivity contribution in [2.45, 2.75) is 20.4 Å². The smallest absolute Gasteiger partial charge is 0.254 e. The first-order chi connectivity index (χ1) is 15.8. The maximum atomic E-state index is 14.3. The molecule has 0 spiro atoms. The van der Waals surface area contributed by atoms with Crippen LogP contribution in [0, 0.1) is 25.5 Å². The van der Waals surface area contributed by atoms with Crippen LogP contribution in [0.3, 0.4) is 0 Å². The molecular weight excluding hydrogens is 426 g/mol. The predicted molar refractivity (Wildman–Crippen MR) is 126 cm³/mol. The number of H-pyrrole nitrogens is 1. The summed E-state index contributed by atoms with van der Waals surface area (Å²) >= 11 is 0. The molecule has 0 aliphatic carbocycles. The van der Waals surface area contributed by atoms with Crippen molar-refractivity contribution in [2.75, 3.05) is 51.3 Å². The Kier molecular flexibility index (Phi) is 6.67. The van der Waals surface area contributed by atoms with Crippen LogP contribution in [0.1, 0.15) is 27.2 Å². The van der Waals surface area contributed by atoms with Crippen LogP contribution in [0.4, 0.5) is 14.5 Å². The van der Waals surface area contributed by atoms with E-state index in [0.717, 1.165) is 47.0 Å². The SMILES string of the molecule is Cc1[nH]c2c(N(C)Cc3ccc(F)cc3F)cc(C(=O)N3CCN(CCO)CC3)cc2c1C. The summed E-state index contributed by atoms with van der Waals surface area (Å²) in [6, 6.07) is 7.36. The van der Waals surface area contributed by atoms with Crippen LogP contribution >= 0.6 is 0 Å². The molecule has 6 nitrogen and oxygen atoms in total. The van der Waals surface area contributed by atoms with Gasteiger partial charge in [0.25, 0.3) is 5.91 Å². The molecule has 4 rings (SSSR count). The van der Waals surface area contributed by atoms with Gasteiger partial charge in [-0.25, -0.2) is 8.78 Å². The number of anilines is 1. The van der Waals surface area contributed by atoms with Crippen LogP contribution in [-0.4, -0.2) is 72.2 Å². The molecule has 0 radical (unpaired) electrons. The summed E-state index contributed by atoms with van der Waals surface area (Å²) in [6.07, 6.45) is 0. The predicted octanol–water partition coefficient (Wildman–Crippen LogP) is 3.45. The third-order valence-electron chi connectivity index (χ3n) is 6.55. The number of amides is 1. The quantitative estimate of drug-likeness (QED) is 0.597. The maximum Gasteiger partial charge on any atom is 0.254 e. The molecule has 0 unspecified atom stereocenters. The summed E-state index contributed by atoms with van der Waals surface area (Å²) in [5.74, 6) is -1.24. The zero-order valence-corrected chi connectivity index (χ0v) is 19.3. The average molecular weight is 457 g/mol. The van der Waals surface area contributed by atoms with E-state index in [-0.39, 0.29) is 19.1 Å². The lowest BCUT2D eigenvalue weighted by Gasteiger charge is -2.34. The van der Waals surface area contributed by atoms with E-state index in [2.05, 4.69) is 9.88 Å². The summed E-state index contributed by atoms with van der Waals surface area (Å²) in [6.45, 7) is 7.63. The number of aromatic amines is 1. The zero-order chi connectivity index (χ0) is 23.7. The molecule has 33 heavy (non-hydrogen) atoms. The van der Waals surface area contributed by atoms with Crippen molar-refractivity contribution in [3.63, 3.8) is 0 Å². The van der Waals surface area contributed by atoms with Crippen LogP contribution in [0.15, 0.2) is 30.3 Å². The Labute approximate surface area is 192 Å². The van der Waals surface area contributed by atoms with Gasteiger partial charge in [-0.3, -0.25) is 9.69 Å². The number of aliphatic hydroxyl groups is 1. The second kappa shape index (κ2) is 9.49. The number of aliphatic hydroxyl groups excluding tert-OH is 1. The second-order valence-electron chi connectivity index (χ2n) is 8.74. The minimum Gasteiger partial charge on any atom is -0.395 e. The molecule has 0 bridgehead atoms. The Balaban J connectivity index is 1.66. The van der Waals surface area contributed by atoms with Gasteiger partial charge in [-0.1, -0.05) is 6.07 Å². The summed E-state index contributed by atoms with van der Waals surface area (Å²) in [5, 5.41) is 10.1. The number of hydrogen-bond acceptors (Lipinski definition) is 4. The van der Waals surface area contributed by atoms with Gasteiger partial charge < -0.3 is 19.9 Å². The zero-order valence-electron chi connectivity index (χ0n) is 19.3. The lowest BCUT2D eigenvalue weighted by Crippen LogP contribution is -2.49. The number of nitrogens with one attached hydrogen (secondary N) is 1. The Hall–Kier alpha value is -2.97. The molecule has 1 saturated heterocycles. The fourth-order valence-corrected chi connectivity index (χ4v) is 4.45. The minimum atomic E-state index is -0.608. The third-order valence-corrected chi connectivity index (χ3v) is 6.55. The Morgan fingerprint density at radius 1 is 1.12 bits per heavy atom. The first-order valence-electron chi connectivity index (χ1n) is 11.2. The number of carbonyl (C=O) groups is 1. The summed E-state index contributed by atoms with van der Waals surface area (Å²) in [7, 11) is 1.84. The van der Waals surface area contributed by atoms with E-state index in [1.807, 2.05) is 42.8 Å². The van der Waals surface area contributed by atoms with Crippen LogP contribution in [-0.2, 0) is 6.54 Å². The van der Waals surface area contributed by atoms with E-state index in [4.69, 9.17) is 5.11 Å². The number of hydrogen-bond donors (Lipinski definition) is 2. The topological polar surface area (TPSA) is 62.8 Å². The highest BCUT2D eigenvalue weighted by molar-refractivity contribution is 6.04. The first-order valence-corrected chi connectivity index (χ1v) is 11.2. The molecule has 3 aromatic rings. The Bertz CT molecular complexity index is 1170. The maximum absolute atomic E-state index is 14.3. The van der Waals surface area contributed by atoms with E-state index < -0.39 is 11.6 Å². The van der Waals surface area contributed by atoms with Crippen LogP contribution in [0.2, 0.25) is 0 Å². The van der Waals surface area contributed by atoms with Gasteiger partial charge in [0.2, 0.25) is 0 Å². The molecule has 1 aliphatic rings. The van der Waals surface area contributed by atoms with E-state index in [1.165, 1.54) is 12.1 Å². The number of aromatic nitrogens is 1. The summed E-state index contributed by atoms with van der Waals surface area (Å²) in [5.41, 5.74) is 4.71. The van der Waals surface area contributed by atoms with E-state index >= 15 is 0 Å². The van der Waals surface area contributed by atoms with Gasteiger partial charge in [0.05, 0.1) is 17.8 Å². The largest absolute Gasteiger partial charge is 0.395 e. The molecule has 1 aromatic heterocycles. The van der Waals surface area contributed by atoms with E-state index in [0.29, 0.717) is 30.8 Å². The third kappa shape index (κ3) is 4.72. The van der Waals surface area contributed by atoms with Gasteiger partial charge in [0, 0.05) is 74.6 Å². The van der Waals surface area contributed by atoms with E-state index in [1.54, 1.807) is 0 Å². The first kappa shape index (κ1) is 23.2. The fraction of sp³-hybridized carbons (Fsp3) is 0.400. The number of carbonyl (C=O) groups excluding carboxylic acids is 1. The molecule has 2 heterocycles. The molecule has 2 aromatic carbocycles. The van der Waals surface area contributed by atoms with Crippen LogP contribution in [0.25, 0.3) is 10.9 Å². The van der Waals surface area contributed by atoms with Gasteiger partial charge in [-0.05, 0) is 37.6 Å². The van der Waals surface area contributed by atoms with Gasteiger partial charge in [-0.2, -0.15) is 0 Å². The standard InChI is InChI=1S/C25H30F2N4O2/c1-16-17(2)28-24-21(16)12-19(25(33)31-8-6-30(7-9-31)10-11-32)13-23(24)29(3)15-18-4-5-20(26)14-22(18)27/h4-5,12-14,28,32H,6-11,15H2,1-3H3. The number of piperazine rings is 1. The van der Waals surface area contributed by atoms with Crippen molar-refractivity contribution in [2.24, 2.45) is 0 Å². The van der Waals surface area contributed by atoms with Crippen molar-refractivity contribution in [3.8, 4) is 0 Å². The Morgan fingerprint density at radius 2 is 1.85 bits per heavy atom. The molecule has 0 atom stereocenters. The summed E-state index contributed by atoms with van der Waals surface area (Å²) < 4.78 is 27.6. The number of fused-ring (bicyclic) bond motifs is 1. The van der Waals surface area contributed by atoms with Crippen molar-refractivity contribution < 1.29 is 18.7 Å². The number of benzene rings is 2. The highest BCUT2D eigenvalue weighted by Crippen LogP contribution is 2.33. The minimum absolute atomic E-state index is 0.0404. The van der Waals surface area contributed by atoms with Gasteiger partial charge in [0.15, 0.2) is 0 Å². The molecule has 8 heteroatoms.